The van der Waals surface area contributed by atoms with Crippen molar-refractivity contribution in [2.75, 3.05) is 0 Å². The summed E-state index contributed by atoms with van der Waals surface area (Å²) in [5.74, 6) is -0.804. The van der Waals surface area contributed by atoms with Crippen LogP contribution in [-0.2, 0) is 19.4 Å². The second-order valence-electron chi connectivity index (χ2n) is 5.69. The molecule has 2 rings (SSSR count). The van der Waals surface area contributed by atoms with Gasteiger partial charge in [0, 0.05) is 29.3 Å². The fraction of sp³-hybridized carbons (Fsp3) is 0.263. The van der Waals surface area contributed by atoms with Crippen LogP contribution < -0.4 is 4.74 Å². The number of phenolic OH excluding ortho intramolecular Hbond substituents is 5. The highest BCUT2D eigenvalue weighted by Crippen LogP contribution is 2.40. The summed E-state index contributed by atoms with van der Waals surface area (Å²) in [6, 6.07) is 3.73. The molecule has 0 unspecified atom stereocenters. The van der Waals surface area contributed by atoms with Gasteiger partial charge in [-0.15, -0.1) is 6.58 Å². The van der Waals surface area contributed by atoms with E-state index in [-0.39, 0.29) is 58.7 Å². The van der Waals surface area contributed by atoms with E-state index in [1.165, 1.54) is 18.2 Å². The zero-order valence-electron chi connectivity index (χ0n) is 14.0. The van der Waals surface area contributed by atoms with Gasteiger partial charge in [0.15, 0.2) is 0 Å². The predicted octanol–water partition coefficient (Wildman–Crippen LogP) is 3.47. The molecule has 2 aromatic carbocycles. The van der Waals surface area contributed by atoms with Gasteiger partial charge in [-0.25, -0.2) is 0 Å². The highest BCUT2D eigenvalue weighted by atomic mass is 16.5. The van der Waals surface area contributed by atoms with Crippen LogP contribution in [0.2, 0.25) is 0 Å². The summed E-state index contributed by atoms with van der Waals surface area (Å²) in [4.78, 5) is 0. The molecule has 25 heavy (non-hydrogen) atoms. The Morgan fingerprint density at radius 3 is 2.20 bits per heavy atom. The van der Waals surface area contributed by atoms with Gasteiger partial charge in [0.1, 0.15) is 41.1 Å². The van der Waals surface area contributed by atoms with Crippen LogP contribution in [0.4, 0.5) is 0 Å². The Bertz CT molecular complexity index is 782. The first-order valence-electron chi connectivity index (χ1n) is 7.93. The third-order valence-corrected chi connectivity index (χ3v) is 3.85. The molecule has 0 saturated carbocycles. The van der Waals surface area contributed by atoms with E-state index >= 15 is 0 Å². The fourth-order valence-electron chi connectivity index (χ4n) is 2.61. The van der Waals surface area contributed by atoms with Crippen molar-refractivity contribution in [3.05, 3.63) is 47.5 Å². The van der Waals surface area contributed by atoms with Crippen molar-refractivity contribution in [2.45, 2.75) is 32.8 Å². The Kier molecular flexibility index (Phi) is 5.64. The van der Waals surface area contributed by atoms with E-state index in [1.807, 2.05) is 6.92 Å². The first-order valence-corrected chi connectivity index (χ1v) is 7.93. The molecular formula is C19H22O6. The number of hydrogen-bond acceptors (Lipinski definition) is 6. The van der Waals surface area contributed by atoms with Gasteiger partial charge in [0.05, 0.1) is 5.56 Å². The first-order chi connectivity index (χ1) is 11.9. The number of rotatable bonds is 7. The molecule has 0 atom stereocenters. The summed E-state index contributed by atoms with van der Waals surface area (Å²) in [6.07, 6.45) is 3.03. The fourth-order valence-corrected chi connectivity index (χ4v) is 2.61. The third kappa shape index (κ3) is 3.91. The average Bonchev–Trinajstić information content (AvgIpc) is 2.54. The van der Waals surface area contributed by atoms with E-state index in [0.29, 0.717) is 12.0 Å². The van der Waals surface area contributed by atoms with Crippen molar-refractivity contribution in [1.29, 1.82) is 0 Å². The van der Waals surface area contributed by atoms with Gasteiger partial charge in [0.2, 0.25) is 0 Å². The van der Waals surface area contributed by atoms with Crippen molar-refractivity contribution in [3.63, 3.8) is 0 Å². The minimum Gasteiger partial charge on any atom is -0.508 e. The standard InChI is InChI=1S/C19H22O6/c1-3-5-12-15(21)7-11(20)8-18(12)25-10-14-17(23)9-16(22)13(6-4-2)19(14)24/h4,7-9,20-24H,2-3,5-6,10H2,1H3. The molecule has 0 aliphatic carbocycles. The maximum atomic E-state index is 10.3. The Morgan fingerprint density at radius 2 is 1.56 bits per heavy atom. The second-order valence-corrected chi connectivity index (χ2v) is 5.69. The van der Waals surface area contributed by atoms with E-state index < -0.39 is 0 Å². The lowest BCUT2D eigenvalue weighted by Gasteiger charge is -2.16. The Hall–Kier alpha value is -3.02. The van der Waals surface area contributed by atoms with E-state index in [0.717, 1.165) is 12.5 Å². The molecule has 6 heteroatoms. The van der Waals surface area contributed by atoms with E-state index in [4.69, 9.17) is 4.74 Å². The molecule has 6 nitrogen and oxygen atoms in total. The van der Waals surface area contributed by atoms with Gasteiger partial charge in [-0.3, -0.25) is 0 Å². The number of ether oxygens (including phenoxy) is 1. The van der Waals surface area contributed by atoms with Gasteiger partial charge in [-0.1, -0.05) is 19.4 Å². The molecule has 0 fully saturated rings. The van der Waals surface area contributed by atoms with E-state index in [1.54, 1.807) is 0 Å². The molecule has 0 aromatic heterocycles. The third-order valence-electron chi connectivity index (χ3n) is 3.85. The maximum absolute atomic E-state index is 10.3. The van der Waals surface area contributed by atoms with Crippen LogP contribution in [0, 0.1) is 0 Å². The number of allylic oxidation sites excluding steroid dienone is 1. The highest BCUT2D eigenvalue weighted by Gasteiger charge is 2.18. The monoisotopic (exact) mass is 346 g/mol. The smallest absolute Gasteiger partial charge is 0.133 e. The lowest BCUT2D eigenvalue weighted by Crippen LogP contribution is -2.01. The normalized spacial score (nSPS) is 10.6. The van der Waals surface area contributed by atoms with Crippen LogP contribution in [0.5, 0.6) is 34.5 Å². The predicted molar refractivity (Wildman–Crippen MR) is 93.4 cm³/mol. The largest absolute Gasteiger partial charge is 0.508 e. The quantitative estimate of drug-likeness (QED) is 0.491. The molecule has 0 aliphatic rings. The number of benzene rings is 2. The van der Waals surface area contributed by atoms with E-state index in [9.17, 15) is 25.5 Å². The molecule has 0 radical (unpaired) electrons. The van der Waals surface area contributed by atoms with Gasteiger partial charge in [0.25, 0.3) is 0 Å². The molecular weight excluding hydrogens is 324 g/mol. The minimum atomic E-state index is -0.316. The molecule has 2 aromatic rings. The van der Waals surface area contributed by atoms with Crippen LogP contribution in [-0.4, -0.2) is 25.5 Å². The second kappa shape index (κ2) is 7.70. The minimum absolute atomic E-state index is 0.0802. The van der Waals surface area contributed by atoms with Crippen molar-refractivity contribution in [3.8, 4) is 34.5 Å². The van der Waals surface area contributed by atoms with Gasteiger partial charge >= 0.3 is 0 Å². The molecule has 0 heterocycles. The van der Waals surface area contributed by atoms with Crippen molar-refractivity contribution < 1.29 is 30.3 Å². The highest BCUT2D eigenvalue weighted by molar-refractivity contribution is 5.56. The van der Waals surface area contributed by atoms with Crippen LogP contribution >= 0.6 is 0 Å². The van der Waals surface area contributed by atoms with Gasteiger partial charge < -0.3 is 30.3 Å². The molecule has 0 amide bonds. The molecule has 5 N–H and O–H groups in total. The van der Waals surface area contributed by atoms with E-state index in [2.05, 4.69) is 6.58 Å². The summed E-state index contributed by atoms with van der Waals surface area (Å²) in [6.45, 7) is 5.30. The summed E-state index contributed by atoms with van der Waals surface area (Å²) >= 11 is 0. The lowest BCUT2D eigenvalue weighted by atomic mass is 10.0. The van der Waals surface area contributed by atoms with Gasteiger partial charge in [-0.05, 0) is 12.8 Å². The van der Waals surface area contributed by atoms with Gasteiger partial charge in [-0.2, -0.15) is 0 Å². The molecule has 0 saturated heterocycles. The molecule has 134 valence electrons. The lowest BCUT2D eigenvalue weighted by molar-refractivity contribution is 0.283. The molecule has 0 bridgehead atoms. The summed E-state index contributed by atoms with van der Waals surface area (Å²) in [7, 11) is 0. The molecule has 0 spiro atoms. The zero-order valence-corrected chi connectivity index (χ0v) is 14.0. The zero-order chi connectivity index (χ0) is 18.6. The Labute approximate surface area is 145 Å². The topological polar surface area (TPSA) is 110 Å². The van der Waals surface area contributed by atoms with Crippen LogP contribution in [0.15, 0.2) is 30.9 Å². The summed E-state index contributed by atoms with van der Waals surface area (Å²) in [5, 5.41) is 49.8. The Balaban J connectivity index is 2.36. The number of hydrogen-bond donors (Lipinski definition) is 5. The van der Waals surface area contributed by atoms with Crippen LogP contribution in [0.3, 0.4) is 0 Å². The number of aromatic hydroxyl groups is 5. The summed E-state index contributed by atoms with van der Waals surface area (Å²) < 4.78 is 5.62. The number of phenols is 5. The maximum Gasteiger partial charge on any atom is 0.133 e. The SMILES string of the molecule is C=CCc1c(O)cc(O)c(COc2cc(O)cc(O)c2CCC)c1O. The Morgan fingerprint density at radius 1 is 0.920 bits per heavy atom. The van der Waals surface area contributed by atoms with Crippen molar-refractivity contribution >= 4 is 0 Å². The average molecular weight is 346 g/mol. The first kappa shape index (κ1) is 18.3. The van der Waals surface area contributed by atoms with Crippen molar-refractivity contribution in [1.82, 2.24) is 0 Å². The molecule has 0 aliphatic heterocycles. The van der Waals surface area contributed by atoms with Crippen LogP contribution in [0.1, 0.15) is 30.0 Å². The van der Waals surface area contributed by atoms with Crippen LogP contribution in [0.25, 0.3) is 0 Å². The summed E-state index contributed by atoms with van der Waals surface area (Å²) in [5.41, 5.74) is 0.864. The van der Waals surface area contributed by atoms with Crippen molar-refractivity contribution in [2.24, 2.45) is 0 Å².